The Morgan fingerprint density at radius 3 is 2.32 bits per heavy atom. The first kappa shape index (κ1) is 25.1. The third kappa shape index (κ3) is 7.20. The lowest BCUT2D eigenvalue weighted by Gasteiger charge is -2.26. The molecule has 1 saturated carbocycles. The van der Waals surface area contributed by atoms with Crippen LogP contribution in [0, 0.1) is 5.41 Å². The molecular weight excluding hydrogens is 446 g/mol. The summed E-state index contributed by atoms with van der Waals surface area (Å²) in [7, 11) is 0. The van der Waals surface area contributed by atoms with Gasteiger partial charge < -0.3 is 19.9 Å². The van der Waals surface area contributed by atoms with Crippen molar-refractivity contribution in [1.82, 2.24) is 5.32 Å². The second kappa shape index (κ2) is 9.55. The highest BCUT2D eigenvalue weighted by atomic mass is 19.4. The van der Waals surface area contributed by atoms with Crippen LogP contribution in [0.25, 0.3) is 0 Å². The van der Waals surface area contributed by atoms with Crippen molar-refractivity contribution in [1.29, 1.82) is 0 Å². The molecule has 176 valence electrons. The summed E-state index contributed by atoms with van der Waals surface area (Å²) >= 11 is 0. The van der Waals surface area contributed by atoms with E-state index in [2.05, 4.69) is 14.8 Å². The summed E-state index contributed by atoms with van der Waals surface area (Å²) in [6, 6.07) is 3.10. The van der Waals surface area contributed by atoms with Gasteiger partial charge in [0.1, 0.15) is 5.75 Å². The Hall–Kier alpha value is -2.15. The minimum absolute atomic E-state index is 0.0133. The Morgan fingerprint density at radius 1 is 1.16 bits per heavy atom. The number of aliphatic hydroxyl groups excluding tert-OH is 1. The van der Waals surface area contributed by atoms with E-state index < -0.39 is 61.4 Å². The minimum Gasteiger partial charge on any atom is -0.406 e. The van der Waals surface area contributed by atoms with Crippen molar-refractivity contribution in [2.45, 2.75) is 57.0 Å². The van der Waals surface area contributed by atoms with E-state index in [1.165, 1.54) is 6.07 Å². The predicted molar refractivity (Wildman–Crippen MR) is 88.9 cm³/mol. The van der Waals surface area contributed by atoms with Gasteiger partial charge in [0.2, 0.25) is 5.91 Å². The lowest BCUT2D eigenvalue weighted by molar-refractivity contribution is -0.274. The summed E-state index contributed by atoms with van der Waals surface area (Å²) in [5.41, 5.74) is -2.36. The molecule has 0 aromatic heterocycles. The Labute approximate surface area is 171 Å². The monoisotopic (exact) mass is 465 g/mol. The van der Waals surface area contributed by atoms with E-state index in [1.807, 2.05) is 0 Å². The molecule has 0 radical (unpaired) electrons. The minimum atomic E-state index is -5.00. The number of aliphatic hydroxyl groups is 1. The highest BCUT2D eigenvalue weighted by molar-refractivity contribution is 5.77. The van der Waals surface area contributed by atoms with Crippen molar-refractivity contribution >= 4 is 5.91 Å². The Kier molecular flexibility index (Phi) is 7.74. The normalized spacial score (nSPS) is 17.9. The van der Waals surface area contributed by atoms with Crippen LogP contribution in [0.15, 0.2) is 24.3 Å². The summed E-state index contributed by atoms with van der Waals surface area (Å²) < 4.78 is 109. The van der Waals surface area contributed by atoms with Crippen LogP contribution in [0.5, 0.6) is 5.75 Å². The summed E-state index contributed by atoms with van der Waals surface area (Å²) in [4.78, 5) is 12.2. The van der Waals surface area contributed by atoms with E-state index in [0.717, 1.165) is 18.2 Å². The van der Waals surface area contributed by atoms with E-state index in [1.54, 1.807) is 0 Å². The van der Waals surface area contributed by atoms with Crippen LogP contribution in [-0.2, 0) is 9.53 Å². The fraction of sp³-hybridized carbons (Fsp3) is 0.611. The lowest BCUT2D eigenvalue weighted by Crippen LogP contribution is -2.40. The largest absolute Gasteiger partial charge is 0.573 e. The van der Waals surface area contributed by atoms with Gasteiger partial charge in [-0.05, 0) is 37.0 Å². The number of nitrogens with one attached hydrogen (secondary N) is 1. The zero-order valence-electron chi connectivity index (χ0n) is 15.8. The molecule has 0 aliphatic heterocycles. The molecule has 1 aliphatic carbocycles. The summed E-state index contributed by atoms with van der Waals surface area (Å²) in [6.07, 6.45) is -13.7. The highest BCUT2D eigenvalue weighted by Gasteiger charge is 2.67. The lowest BCUT2D eigenvalue weighted by atomic mass is 9.95. The van der Waals surface area contributed by atoms with Gasteiger partial charge in [-0.25, -0.2) is 0 Å². The van der Waals surface area contributed by atoms with Crippen LogP contribution in [0.1, 0.15) is 37.3 Å². The molecule has 0 spiro atoms. The quantitative estimate of drug-likeness (QED) is 0.501. The standard InChI is InChI=1S/C18H19F8NO4/c19-15(20)30-7-4-12(10-2-1-3-11(8-10)31-18(24,25)26)27-14(29)9-13(28)16(5-6-16)17(21,22)23/h1-3,8,12-13,15,28H,4-7,9H2,(H,27,29)/t12-,13-/m0/s1. The second-order valence-corrected chi connectivity index (χ2v) is 7.03. The fourth-order valence-corrected chi connectivity index (χ4v) is 3.09. The van der Waals surface area contributed by atoms with E-state index >= 15 is 0 Å². The van der Waals surface area contributed by atoms with Gasteiger partial charge in [0.15, 0.2) is 0 Å². The SMILES string of the molecule is O=C(C[C@H](O)C1(C(F)(F)F)CC1)N[C@@H](CCOC(F)F)c1cccc(OC(F)(F)F)c1. The van der Waals surface area contributed by atoms with Gasteiger partial charge in [-0.1, -0.05) is 12.1 Å². The van der Waals surface area contributed by atoms with E-state index in [0.29, 0.717) is 0 Å². The molecule has 0 heterocycles. The van der Waals surface area contributed by atoms with Crippen molar-refractivity contribution in [2.24, 2.45) is 5.41 Å². The summed E-state index contributed by atoms with van der Waals surface area (Å²) in [6.45, 7) is -3.75. The molecule has 1 aromatic carbocycles. The number of benzene rings is 1. The zero-order chi connectivity index (χ0) is 23.4. The van der Waals surface area contributed by atoms with Crippen molar-refractivity contribution in [3.63, 3.8) is 0 Å². The fourth-order valence-electron chi connectivity index (χ4n) is 3.09. The molecule has 31 heavy (non-hydrogen) atoms. The maximum atomic E-state index is 13.1. The van der Waals surface area contributed by atoms with Crippen molar-refractivity contribution in [3.05, 3.63) is 29.8 Å². The van der Waals surface area contributed by atoms with Crippen LogP contribution < -0.4 is 10.1 Å². The molecule has 2 N–H and O–H groups in total. The molecule has 5 nitrogen and oxygen atoms in total. The van der Waals surface area contributed by atoms with Crippen LogP contribution in [0.3, 0.4) is 0 Å². The van der Waals surface area contributed by atoms with Crippen LogP contribution in [0.4, 0.5) is 35.1 Å². The number of alkyl halides is 8. The molecule has 0 unspecified atom stereocenters. The van der Waals surface area contributed by atoms with Gasteiger partial charge in [0, 0.05) is 0 Å². The zero-order valence-corrected chi connectivity index (χ0v) is 15.8. The van der Waals surface area contributed by atoms with Gasteiger partial charge in [-0.3, -0.25) is 4.79 Å². The maximum absolute atomic E-state index is 13.1. The Balaban J connectivity index is 2.11. The number of halogens is 8. The van der Waals surface area contributed by atoms with Gasteiger partial charge in [-0.2, -0.15) is 22.0 Å². The molecule has 1 fully saturated rings. The molecular formula is C18H19F8NO4. The molecule has 1 aliphatic rings. The molecule has 0 bridgehead atoms. The van der Waals surface area contributed by atoms with Gasteiger partial charge >= 0.3 is 19.2 Å². The van der Waals surface area contributed by atoms with E-state index in [9.17, 15) is 45.0 Å². The number of hydrogen-bond acceptors (Lipinski definition) is 4. The maximum Gasteiger partial charge on any atom is 0.573 e. The van der Waals surface area contributed by atoms with Crippen molar-refractivity contribution in [3.8, 4) is 5.75 Å². The van der Waals surface area contributed by atoms with Crippen LogP contribution >= 0.6 is 0 Å². The molecule has 1 aromatic rings. The van der Waals surface area contributed by atoms with Crippen molar-refractivity contribution in [2.75, 3.05) is 6.61 Å². The smallest absolute Gasteiger partial charge is 0.406 e. The average Bonchev–Trinajstić information content (AvgIpc) is 3.41. The van der Waals surface area contributed by atoms with Gasteiger partial charge in [-0.15, -0.1) is 13.2 Å². The number of ether oxygens (including phenoxy) is 2. The Morgan fingerprint density at radius 2 is 1.81 bits per heavy atom. The first-order valence-corrected chi connectivity index (χ1v) is 9.03. The molecule has 13 heteroatoms. The number of carbonyl (C=O) groups is 1. The number of rotatable bonds is 10. The van der Waals surface area contributed by atoms with Gasteiger partial charge in [0.25, 0.3) is 0 Å². The third-order valence-electron chi connectivity index (χ3n) is 4.85. The van der Waals surface area contributed by atoms with E-state index in [-0.39, 0.29) is 24.8 Å². The number of carbonyl (C=O) groups excluding carboxylic acids is 1. The summed E-state index contributed by atoms with van der Waals surface area (Å²) in [5, 5.41) is 12.2. The molecule has 0 saturated heterocycles. The first-order valence-electron chi connectivity index (χ1n) is 9.03. The highest BCUT2D eigenvalue weighted by Crippen LogP contribution is 2.60. The van der Waals surface area contributed by atoms with Crippen LogP contribution in [0.2, 0.25) is 0 Å². The predicted octanol–water partition coefficient (Wildman–Crippen LogP) is 4.47. The second-order valence-electron chi connectivity index (χ2n) is 7.03. The van der Waals surface area contributed by atoms with Crippen molar-refractivity contribution < 1.29 is 54.5 Å². The number of hydrogen-bond donors (Lipinski definition) is 2. The molecule has 2 atom stereocenters. The topological polar surface area (TPSA) is 67.8 Å². The molecule has 2 rings (SSSR count). The Bertz CT molecular complexity index is 749. The third-order valence-corrected chi connectivity index (χ3v) is 4.85. The van der Waals surface area contributed by atoms with Gasteiger partial charge in [0.05, 0.1) is 30.6 Å². The number of amides is 1. The van der Waals surface area contributed by atoms with Crippen LogP contribution in [-0.4, -0.2) is 42.9 Å². The first-order chi connectivity index (χ1) is 14.2. The summed E-state index contributed by atoms with van der Waals surface area (Å²) in [5.74, 6) is -1.68. The molecule has 1 amide bonds. The average molecular weight is 465 g/mol. The van der Waals surface area contributed by atoms with E-state index in [4.69, 9.17) is 0 Å².